The lowest BCUT2D eigenvalue weighted by molar-refractivity contribution is -0.132. The van der Waals surface area contributed by atoms with Gasteiger partial charge in [0.2, 0.25) is 0 Å². The van der Waals surface area contributed by atoms with Crippen LogP contribution < -0.4 is 4.90 Å². The van der Waals surface area contributed by atoms with Crippen molar-refractivity contribution in [2.45, 2.75) is 40.7 Å². The highest BCUT2D eigenvalue weighted by Gasteiger charge is 2.49. The van der Waals surface area contributed by atoms with Crippen molar-refractivity contribution in [3.05, 3.63) is 87.4 Å². The van der Waals surface area contributed by atoms with E-state index >= 15 is 0 Å². The molecule has 7 heteroatoms. The zero-order valence-corrected chi connectivity index (χ0v) is 20.4. The number of hydrogen-bond acceptors (Lipinski definition) is 6. The third kappa shape index (κ3) is 3.44. The fraction of sp³-hybridized carbons (Fsp3) is 0.222. The van der Waals surface area contributed by atoms with Gasteiger partial charge in [0.1, 0.15) is 23.3 Å². The van der Waals surface area contributed by atoms with Crippen LogP contribution in [0.2, 0.25) is 0 Å². The normalized spacial score (nSPS) is 17.8. The number of aliphatic hydroxyl groups excluding tert-OH is 1. The van der Waals surface area contributed by atoms with Crippen molar-refractivity contribution in [2.24, 2.45) is 0 Å². The van der Waals surface area contributed by atoms with Crippen LogP contribution in [0.4, 0.5) is 5.13 Å². The highest BCUT2D eigenvalue weighted by Crippen LogP contribution is 2.45. The maximum Gasteiger partial charge on any atom is 0.302 e. The highest BCUT2D eigenvalue weighted by atomic mass is 32.1. The van der Waals surface area contributed by atoms with Crippen LogP contribution in [-0.2, 0) is 9.59 Å². The molecule has 1 atom stereocenters. The monoisotopic (exact) mass is 472 g/mol. The van der Waals surface area contributed by atoms with Gasteiger partial charge in [-0.15, -0.1) is 0 Å². The molecular formula is C27H24N2O4S. The molecule has 1 saturated heterocycles. The largest absolute Gasteiger partial charge is 0.507 e. The minimum atomic E-state index is -0.921. The average Bonchev–Trinajstić information content (AvgIpc) is 3.46. The number of ketones is 1. The number of aliphatic hydroxyl groups is 1. The molecule has 5 rings (SSSR count). The van der Waals surface area contributed by atoms with Gasteiger partial charge in [0.15, 0.2) is 5.13 Å². The summed E-state index contributed by atoms with van der Waals surface area (Å²) >= 11 is 1.34. The van der Waals surface area contributed by atoms with Gasteiger partial charge in [-0.25, -0.2) is 4.98 Å². The van der Waals surface area contributed by atoms with Crippen molar-refractivity contribution >= 4 is 44.1 Å². The summed E-state index contributed by atoms with van der Waals surface area (Å²) in [6.45, 7) is 9.54. The van der Waals surface area contributed by atoms with Crippen molar-refractivity contribution < 1.29 is 19.1 Å². The van der Waals surface area contributed by atoms with Crippen LogP contribution in [0.5, 0.6) is 0 Å². The van der Waals surface area contributed by atoms with Gasteiger partial charge >= 0.3 is 5.91 Å². The van der Waals surface area contributed by atoms with E-state index in [4.69, 9.17) is 9.40 Å². The van der Waals surface area contributed by atoms with Gasteiger partial charge in [-0.2, -0.15) is 0 Å². The molecule has 1 fully saturated rings. The van der Waals surface area contributed by atoms with Crippen LogP contribution in [0.3, 0.4) is 0 Å². The molecule has 0 radical (unpaired) electrons. The van der Waals surface area contributed by atoms with Crippen molar-refractivity contribution in [2.75, 3.05) is 4.90 Å². The molecule has 0 saturated carbocycles. The maximum atomic E-state index is 13.4. The van der Waals surface area contributed by atoms with E-state index < -0.39 is 17.7 Å². The molecule has 172 valence electrons. The number of benzene rings is 2. The summed E-state index contributed by atoms with van der Waals surface area (Å²) in [7, 11) is 0. The van der Waals surface area contributed by atoms with Crippen molar-refractivity contribution in [3.63, 3.8) is 0 Å². The van der Waals surface area contributed by atoms with Crippen molar-refractivity contribution in [1.29, 1.82) is 0 Å². The summed E-state index contributed by atoms with van der Waals surface area (Å²) in [5.74, 6) is -0.669. The predicted molar refractivity (Wildman–Crippen MR) is 133 cm³/mol. The van der Waals surface area contributed by atoms with Gasteiger partial charge in [-0.1, -0.05) is 35.1 Å². The van der Waals surface area contributed by atoms with E-state index in [9.17, 15) is 14.7 Å². The van der Waals surface area contributed by atoms with E-state index in [0.29, 0.717) is 22.2 Å². The topological polar surface area (TPSA) is 83.6 Å². The lowest BCUT2D eigenvalue weighted by atomic mass is 9.96. The van der Waals surface area contributed by atoms with E-state index in [-0.39, 0.29) is 11.3 Å². The Bertz CT molecular complexity index is 1520. The zero-order valence-electron chi connectivity index (χ0n) is 19.6. The molecule has 2 aromatic carbocycles. The summed E-state index contributed by atoms with van der Waals surface area (Å²) in [5, 5.41) is 11.8. The lowest BCUT2D eigenvalue weighted by Gasteiger charge is -2.21. The van der Waals surface area contributed by atoms with Crippen LogP contribution in [-0.4, -0.2) is 21.8 Å². The van der Waals surface area contributed by atoms with E-state index in [1.54, 1.807) is 19.1 Å². The predicted octanol–water partition coefficient (Wildman–Crippen LogP) is 6.06. The molecule has 3 heterocycles. The molecule has 1 unspecified atom stereocenters. The number of furan rings is 1. The minimum absolute atomic E-state index is 0.000193. The number of carbonyl (C=O) groups is 2. The van der Waals surface area contributed by atoms with Crippen LogP contribution in [0.1, 0.15) is 45.4 Å². The number of aryl methyl sites for hydroxylation is 5. The molecule has 1 aliphatic rings. The second-order valence-corrected chi connectivity index (χ2v) is 9.87. The Morgan fingerprint density at radius 2 is 1.74 bits per heavy atom. The molecule has 0 spiro atoms. The Kier molecular flexibility index (Phi) is 5.17. The second kappa shape index (κ2) is 7.95. The number of aromatic nitrogens is 1. The number of amides is 1. The molecule has 34 heavy (non-hydrogen) atoms. The Morgan fingerprint density at radius 3 is 2.44 bits per heavy atom. The minimum Gasteiger partial charge on any atom is -0.507 e. The van der Waals surface area contributed by atoms with E-state index in [1.165, 1.54) is 16.2 Å². The van der Waals surface area contributed by atoms with Crippen LogP contribution in [0, 0.1) is 34.6 Å². The number of anilines is 1. The summed E-state index contributed by atoms with van der Waals surface area (Å²) < 4.78 is 6.82. The number of nitrogens with zero attached hydrogens (tertiary/aromatic N) is 2. The van der Waals surface area contributed by atoms with Crippen LogP contribution in [0.25, 0.3) is 16.0 Å². The van der Waals surface area contributed by atoms with Crippen LogP contribution >= 0.6 is 11.3 Å². The van der Waals surface area contributed by atoms with Gasteiger partial charge in [-0.3, -0.25) is 14.5 Å². The van der Waals surface area contributed by atoms with Gasteiger partial charge < -0.3 is 9.52 Å². The Balaban J connectivity index is 1.76. The number of hydrogen-bond donors (Lipinski definition) is 1. The SMILES string of the molecule is Cc1ccc(C)c(/C(O)=C2\C(=O)C(=O)N(c3nc4c(C)cc(C)cc4s3)C2c2ccc(C)o2)c1. The van der Waals surface area contributed by atoms with Gasteiger partial charge in [-0.05, 0) is 75.6 Å². The second-order valence-electron chi connectivity index (χ2n) is 8.86. The third-order valence-electron chi connectivity index (χ3n) is 6.15. The van der Waals surface area contributed by atoms with Crippen molar-refractivity contribution in [1.82, 2.24) is 4.98 Å². The number of Topliss-reactive ketones (excluding diaryl/α,β-unsaturated/α-hetero) is 1. The van der Waals surface area contributed by atoms with Gasteiger partial charge in [0.05, 0.1) is 15.8 Å². The van der Waals surface area contributed by atoms with Crippen LogP contribution in [0.15, 0.2) is 52.5 Å². The smallest absolute Gasteiger partial charge is 0.302 e. The lowest BCUT2D eigenvalue weighted by Crippen LogP contribution is -2.29. The molecule has 0 aliphatic carbocycles. The number of fused-ring (bicyclic) bond motifs is 1. The fourth-order valence-electron chi connectivity index (χ4n) is 4.50. The Hall–Kier alpha value is -3.71. The van der Waals surface area contributed by atoms with E-state index in [2.05, 4.69) is 0 Å². The quantitative estimate of drug-likeness (QED) is 0.223. The summed E-state index contributed by atoms with van der Waals surface area (Å²) in [4.78, 5) is 32.8. The highest BCUT2D eigenvalue weighted by molar-refractivity contribution is 7.22. The molecule has 0 bridgehead atoms. The number of carbonyl (C=O) groups excluding carboxylic acids is 2. The molecular weight excluding hydrogens is 448 g/mol. The average molecular weight is 473 g/mol. The summed E-state index contributed by atoms with van der Waals surface area (Å²) in [6, 6.07) is 12.3. The molecule has 4 aromatic rings. The molecule has 1 N–H and O–H groups in total. The molecule has 1 aliphatic heterocycles. The standard InChI is InChI=1S/C27H24N2O4S/c1-13-6-7-15(3)18(11-13)24(30)21-23(19-9-8-17(5)33-19)29(26(32)25(21)31)27-28-22-16(4)10-14(2)12-20(22)34-27/h6-12,23,30H,1-5H3/b24-21+. The Labute approximate surface area is 201 Å². The first-order valence-electron chi connectivity index (χ1n) is 11.0. The Morgan fingerprint density at radius 1 is 0.971 bits per heavy atom. The first-order valence-corrected chi connectivity index (χ1v) is 11.8. The first kappa shape index (κ1) is 22.1. The molecule has 6 nitrogen and oxygen atoms in total. The number of rotatable bonds is 3. The van der Waals surface area contributed by atoms with Gasteiger partial charge in [0, 0.05) is 5.56 Å². The maximum absolute atomic E-state index is 13.4. The molecule has 1 amide bonds. The van der Waals surface area contributed by atoms with E-state index in [1.807, 2.05) is 58.0 Å². The zero-order chi connectivity index (χ0) is 24.3. The summed E-state index contributed by atoms with van der Waals surface area (Å²) in [5.41, 5.74) is 5.13. The number of thiazole rings is 1. The third-order valence-corrected chi connectivity index (χ3v) is 7.15. The first-order chi connectivity index (χ1) is 16.2. The summed E-state index contributed by atoms with van der Waals surface area (Å²) in [6.07, 6.45) is 0. The van der Waals surface area contributed by atoms with E-state index in [0.717, 1.165) is 32.5 Å². The van der Waals surface area contributed by atoms with Gasteiger partial charge in [0.25, 0.3) is 5.78 Å². The molecule has 2 aromatic heterocycles. The van der Waals surface area contributed by atoms with Crippen molar-refractivity contribution in [3.8, 4) is 0 Å². The fourth-order valence-corrected chi connectivity index (χ4v) is 5.67.